The lowest BCUT2D eigenvalue weighted by Gasteiger charge is -2.35. The van der Waals surface area contributed by atoms with E-state index in [0.29, 0.717) is 80.4 Å². The summed E-state index contributed by atoms with van der Waals surface area (Å²) in [6, 6.07) is 18.1. The summed E-state index contributed by atoms with van der Waals surface area (Å²) in [4.78, 5) is 71.0. The first kappa shape index (κ1) is 40.4. The van der Waals surface area contributed by atoms with E-state index < -0.39 is 6.03 Å². The Morgan fingerprint density at radius 1 is 0.918 bits per heavy atom. The van der Waals surface area contributed by atoms with Crippen LogP contribution in [0.15, 0.2) is 84.0 Å². The number of methoxy groups -OCH3 is 1. The predicted octanol–water partition coefficient (Wildman–Crippen LogP) is 7.06. The van der Waals surface area contributed by atoms with Crippen molar-refractivity contribution in [2.75, 3.05) is 56.6 Å². The van der Waals surface area contributed by atoms with E-state index in [9.17, 15) is 19.2 Å². The Bertz CT molecular complexity index is 2690. The number of hydrogen-bond donors (Lipinski definition) is 2. The van der Waals surface area contributed by atoms with Gasteiger partial charge >= 0.3 is 6.03 Å². The summed E-state index contributed by atoms with van der Waals surface area (Å²) in [5, 5.41) is 6.57. The number of imidazole rings is 1. The lowest BCUT2D eigenvalue weighted by atomic mass is 9.88. The molecule has 6 aromatic rings. The van der Waals surface area contributed by atoms with Crippen LogP contribution in [0.3, 0.4) is 0 Å². The predicted molar refractivity (Wildman–Crippen MR) is 234 cm³/mol. The highest BCUT2D eigenvalue weighted by Gasteiger charge is 2.30. The fourth-order valence-electron chi connectivity index (χ4n) is 8.77. The summed E-state index contributed by atoms with van der Waals surface area (Å²) in [6.45, 7) is 4.76. The number of carbonyl (C=O) groups excluding carboxylic acids is 3. The average molecular weight is 864 g/mol. The molecule has 0 bridgehead atoms. The topological polar surface area (TPSA) is 159 Å². The van der Waals surface area contributed by atoms with Gasteiger partial charge in [-0.05, 0) is 112 Å². The van der Waals surface area contributed by atoms with Crippen molar-refractivity contribution in [2.24, 2.45) is 5.92 Å². The normalized spacial score (nSPS) is 17.0. The van der Waals surface area contributed by atoms with Gasteiger partial charge in [-0.3, -0.25) is 29.0 Å². The SMILES string of the molecule is COc1ccc(C(=O)N2CCC(CCN3CCC(c4ccc(Nc5ncc6c(=O)n(-c7c(Cl)cccc7Cl)c7nccn7c6n5)cc4)CC3)CC2)cc1N1CCC(=O)NC1=O. The van der Waals surface area contributed by atoms with Crippen LogP contribution >= 0.6 is 23.2 Å². The number of urea groups is 1. The standard InChI is InChI=1S/C44H44Cl2N10O5/c1-61-36-10-7-30(25-35(36)54-23-16-37(57)50-44(54)60)40(58)53-21-12-27(13-22-53)11-18-52-19-14-29(15-20-52)28-5-8-31(9-6-28)49-42-48-26-32-39(51-42)55-24-17-47-43(55)56(41(32)59)38-33(45)3-2-4-34(38)46/h2-10,17,24-27,29H,11-16,18-23H2,1H3,(H,48,49,51)(H,50,57,60). The molecular formula is C44H44Cl2N10O5. The van der Waals surface area contributed by atoms with Gasteiger partial charge in [0.1, 0.15) is 11.1 Å². The van der Waals surface area contributed by atoms with Crippen LogP contribution in [0.4, 0.5) is 22.1 Å². The molecule has 3 aliphatic rings. The highest BCUT2D eigenvalue weighted by molar-refractivity contribution is 6.37. The summed E-state index contributed by atoms with van der Waals surface area (Å²) in [6.07, 6.45) is 10.2. The summed E-state index contributed by atoms with van der Waals surface area (Å²) in [7, 11) is 1.52. The van der Waals surface area contributed by atoms with Crippen molar-refractivity contribution in [1.82, 2.24) is 39.0 Å². The smallest absolute Gasteiger partial charge is 0.328 e. The van der Waals surface area contributed by atoms with E-state index in [4.69, 9.17) is 32.9 Å². The molecule has 0 atom stereocenters. The molecule has 3 saturated heterocycles. The fraction of sp³-hybridized carbons (Fsp3) is 0.341. The maximum atomic E-state index is 13.7. The molecule has 0 spiro atoms. The summed E-state index contributed by atoms with van der Waals surface area (Å²) in [5.41, 5.74) is 3.50. The largest absolute Gasteiger partial charge is 0.495 e. The number of benzene rings is 3. The Morgan fingerprint density at radius 2 is 1.67 bits per heavy atom. The number of likely N-dealkylation sites (tertiary alicyclic amines) is 2. The zero-order valence-electron chi connectivity index (χ0n) is 33.5. The van der Waals surface area contributed by atoms with Gasteiger partial charge in [-0.15, -0.1) is 0 Å². The van der Waals surface area contributed by atoms with Crippen LogP contribution in [0.1, 0.15) is 60.4 Å². The molecule has 0 saturated carbocycles. The lowest BCUT2D eigenvalue weighted by molar-refractivity contribution is -0.120. The number of nitrogens with one attached hydrogen (secondary N) is 2. The molecule has 0 aliphatic carbocycles. The number of aromatic nitrogens is 5. The van der Waals surface area contributed by atoms with E-state index in [1.54, 1.807) is 53.2 Å². The molecule has 6 heterocycles. The van der Waals surface area contributed by atoms with Crippen LogP contribution in [0, 0.1) is 5.92 Å². The van der Waals surface area contributed by atoms with E-state index in [0.717, 1.165) is 57.4 Å². The minimum absolute atomic E-state index is 0.0613. The summed E-state index contributed by atoms with van der Waals surface area (Å²) < 4.78 is 8.58. The van der Waals surface area contributed by atoms with Crippen LogP contribution in [-0.2, 0) is 4.79 Å². The molecule has 3 fully saturated rings. The number of anilines is 3. The van der Waals surface area contributed by atoms with Gasteiger partial charge in [-0.1, -0.05) is 41.4 Å². The van der Waals surface area contributed by atoms with Gasteiger partial charge in [0, 0.05) is 55.9 Å². The maximum Gasteiger partial charge on any atom is 0.328 e. The minimum atomic E-state index is -0.516. The van der Waals surface area contributed by atoms with Crippen LogP contribution in [0.25, 0.3) is 22.5 Å². The first-order chi connectivity index (χ1) is 29.6. The number of nitrogens with zero attached hydrogens (tertiary/aromatic N) is 8. The highest BCUT2D eigenvalue weighted by Crippen LogP contribution is 2.34. The molecule has 9 rings (SSSR count). The van der Waals surface area contributed by atoms with Gasteiger partial charge in [-0.2, -0.15) is 4.98 Å². The molecule has 61 heavy (non-hydrogen) atoms. The number of piperidine rings is 2. The second kappa shape index (κ2) is 17.1. The monoisotopic (exact) mass is 862 g/mol. The number of halogens is 2. The third-order valence-corrected chi connectivity index (χ3v) is 12.8. The number of imide groups is 1. The molecule has 3 aromatic carbocycles. The van der Waals surface area contributed by atoms with E-state index in [1.807, 2.05) is 17.0 Å². The number of carbonyl (C=O) groups is 3. The first-order valence-electron chi connectivity index (χ1n) is 20.5. The Balaban J connectivity index is 0.759. The molecule has 2 N–H and O–H groups in total. The molecule has 3 aliphatic heterocycles. The van der Waals surface area contributed by atoms with Crippen LogP contribution in [0.2, 0.25) is 10.0 Å². The molecule has 4 amide bonds. The van der Waals surface area contributed by atoms with E-state index in [-0.39, 0.29) is 30.3 Å². The second-order valence-electron chi connectivity index (χ2n) is 15.8. The van der Waals surface area contributed by atoms with Crippen LogP contribution < -0.4 is 25.8 Å². The van der Waals surface area contributed by atoms with Gasteiger partial charge in [-0.25, -0.2) is 19.3 Å². The van der Waals surface area contributed by atoms with Gasteiger partial charge in [0.2, 0.25) is 17.6 Å². The molecule has 0 radical (unpaired) electrons. The highest BCUT2D eigenvalue weighted by atomic mass is 35.5. The number of rotatable bonds is 10. The fourth-order valence-corrected chi connectivity index (χ4v) is 9.33. The van der Waals surface area contributed by atoms with Crippen LogP contribution in [0.5, 0.6) is 5.75 Å². The molecule has 3 aromatic heterocycles. The van der Waals surface area contributed by atoms with Crippen molar-refractivity contribution < 1.29 is 19.1 Å². The Morgan fingerprint density at radius 3 is 2.39 bits per heavy atom. The van der Waals surface area contributed by atoms with Crippen LogP contribution in [-0.4, -0.2) is 97.9 Å². The van der Waals surface area contributed by atoms with Gasteiger partial charge in [0.15, 0.2) is 5.65 Å². The van der Waals surface area contributed by atoms with Gasteiger partial charge in [0.25, 0.3) is 11.5 Å². The Kier molecular flexibility index (Phi) is 11.4. The van der Waals surface area contributed by atoms with Crippen molar-refractivity contribution >= 4 is 75.2 Å². The van der Waals surface area contributed by atoms with Gasteiger partial charge < -0.3 is 19.9 Å². The summed E-state index contributed by atoms with van der Waals surface area (Å²) >= 11 is 13.0. The maximum absolute atomic E-state index is 13.7. The summed E-state index contributed by atoms with van der Waals surface area (Å²) in [5.74, 6) is 1.82. The molecule has 0 unspecified atom stereocenters. The number of fused-ring (bicyclic) bond motifs is 3. The van der Waals surface area contributed by atoms with Crippen molar-refractivity contribution in [1.29, 1.82) is 0 Å². The Labute approximate surface area is 361 Å². The van der Waals surface area contributed by atoms with E-state index in [1.165, 1.54) is 28.3 Å². The molecular weight excluding hydrogens is 819 g/mol. The average Bonchev–Trinajstić information content (AvgIpc) is 3.77. The van der Waals surface area contributed by atoms with Crippen molar-refractivity contribution in [3.05, 3.63) is 111 Å². The molecule has 15 nitrogen and oxygen atoms in total. The van der Waals surface area contributed by atoms with Crippen molar-refractivity contribution in [2.45, 2.75) is 44.4 Å². The lowest BCUT2D eigenvalue weighted by Crippen LogP contribution is -2.49. The zero-order chi connectivity index (χ0) is 42.2. The third kappa shape index (κ3) is 8.12. The zero-order valence-corrected chi connectivity index (χ0v) is 35.0. The number of ether oxygens (including phenoxy) is 1. The Hall–Kier alpha value is -6.03. The minimum Gasteiger partial charge on any atom is -0.495 e. The van der Waals surface area contributed by atoms with E-state index >= 15 is 0 Å². The quantitative estimate of drug-likeness (QED) is 0.146. The third-order valence-electron chi connectivity index (χ3n) is 12.2. The van der Waals surface area contributed by atoms with Crippen molar-refractivity contribution in [3.8, 4) is 11.4 Å². The van der Waals surface area contributed by atoms with Gasteiger partial charge in [0.05, 0.1) is 28.5 Å². The number of hydrogen-bond acceptors (Lipinski definition) is 10. The molecule has 314 valence electrons. The first-order valence-corrected chi connectivity index (χ1v) is 21.3. The van der Waals surface area contributed by atoms with E-state index in [2.05, 4.69) is 37.6 Å². The molecule has 17 heteroatoms. The second-order valence-corrected chi connectivity index (χ2v) is 16.6. The number of amides is 4. The van der Waals surface area contributed by atoms with Crippen molar-refractivity contribution in [3.63, 3.8) is 0 Å². The number of para-hydroxylation sites is 1.